The van der Waals surface area contributed by atoms with Gasteiger partial charge in [-0.1, -0.05) is 15.9 Å². The smallest absolute Gasteiger partial charge is 0.0981 e. The van der Waals surface area contributed by atoms with Gasteiger partial charge in [-0.3, -0.25) is 0 Å². The van der Waals surface area contributed by atoms with Gasteiger partial charge in [0.2, 0.25) is 0 Å². The molecule has 1 saturated heterocycles. The fraction of sp³-hybridized carbons (Fsp3) is 0.571. The predicted molar refractivity (Wildman–Crippen MR) is 78.4 cm³/mol. The van der Waals surface area contributed by atoms with Crippen LogP contribution in [0.1, 0.15) is 25.5 Å². The lowest BCUT2D eigenvalue weighted by Gasteiger charge is -2.40. The van der Waals surface area contributed by atoms with Gasteiger partial charge in [0.05, 0.1) is 25.4 Å². The largest absolute Gasteiger partial charge is 0.394 e. The van der Waals surface area contributed by atoms with Gasteiger partial charge in [-0.2, -0.15) is 0 Å². The molecule has 0 spiro atoms. The van der Waals surface area contributed by atoms with Gasteiger partial charge in [-0.25, -0.2) is 0 Å². The molecule has 3 unspecified atom stereocenters. The lowest BCUT2D eigenvalue weighted by molar-refractivity contribution is -0.0104. The molecule has 1 fully saturated rings. The lowest BCUT2D eigenvalue weighted by Crippen LogP contribution is -2.50. The second-order valence-corrected chi connectivity index (χ2v) is 5.93. The first-order valence-electron chi connectivity index (χ1n) is 6.49. The van der Waals surface area contributed by atoms with Gasteiger partial charge in [-0.15, -0.1) is 0 Å². The zero-order valence-electron chi connectivity index (χ0n) is 11.2. The SMILES string of the molecule is CC(O)c1cc(Br)ccc1N1CC(CO)OCC1C. The molecular formula is C14H20BrNO3. The van der Waals surface area contributed by atoms with Crippen molar-refractivity contribution in [3.63, 3.8) is 0 Å². The molecule has 0 saturated carbocycles. The summed E-state index contributed by atoms with van der Waals surface area (Å²) < 4.78 is 6.50. The van der Waals surface area contributed by atoms with Crippen molar-refractivity contribution in [3.8, 4) is 0 Å². The van der Waals surface area contributed by atoms with E-state index < -0.39 is 6.10 Å². The monoisotopic (exact) mass is 329 g/mol. The average Bonchev–Trinajstić information content (AvgIpc) is 2.39. The molecule has 0 aliphatic carbocycles. The zero-order valence-corrected chi connectivity index (χ0v) is 12.8. The van der Waals surface area contributed by atoms with Crippen LogP contribution in [0.4, 0.5) is 5.69 Å². The average molecular weight is 330 g/mol. The van der Waals surface area contributed by atoms with Crippen molar-refractivity contribution >= 4 is 21.6 Å². The molecule has 1 aliphatic heterocycles. The molecule has 0 amide bonds. The third kappa shape index (κ3) is 3.28. The van der Waals surface area contributed by atoms with Gasteiger partial charge in [0.15, 0.2) is 0 Å². The van der Waals surface area contributed by atoms with Gasteiger partial charge < -0.3 is 19.8 Å². The van der Waals surface area contributed by atoms with Crippen molar-refractivity contribution in [3.05, 3.63) is 28.2 Å². The maximum absolute atomic E-state index is 9.94. The number of aliphatic hydroxyl groups is 2. The van der Waals surface area contributed by atoms with Crippen LogP contribution in [0.5, 0.6) is 0 Å². The summed E-state index contributed by atoms with van der Waals surface area (Å²) in [5, 5.41) is 19.2. The van der Waals surface area contributed by atoms with E-state index in [-0.39, 0.29) is 18.8 Å². The van der Waals surface area contributed by atoms with E-state index in [1.165, 1.54) is 0 Å². The van der Waals surface area contributed by atoms with E-state index >= 15 is 0 Å². The van der Waals surface area contributed by atoms with E-state index in [0.29, 0.717) is 13.2 Å². The number of halogens is 1. The standard InChI is InChI=1S/C14H20BrNO3/c1-9-8-19-12(7-17)6-16(9)14-4-3-11(15)5-13(14)10(2)18/h3-5,9-10,12,17-18H,6-8H2,1-2H3. The van der Waals surface area contributed by atoms with E-state index in [4.69, 9.17) is 4.74 Å². The summed E-state index contributed by atoms with van der Waals surface area (Å²) >= 11 is 3.43. The second kappa shape index (κ2) is 6.22. The fourth-order valence-corrected chi connectivity index (χ4v) is 2.76. The Morgan fingerprint density at radius 1 is 1.53 bits per heavy atom. The summed E-state index contributed by atoms with van der Waals surface area (Å²) in [6.45, 7) is 5.09. The van der Waals surface area contributed by atoms with Gasteiger partial charge in [0.1, 0.15) is 0 Å². The molecule has 0 aromatic heterocycles. The maximum Gasteiger partial charge on any atom is 0.0981 e. The minimum Gasteiger partial charge on any atom is -0.394 e. The summed E-state index contributed by atoms with van der Waals surface area (Å²) in [6, 6.07) is 6.14. The fourth-order valence-electron chi connectivity index (χ4n) is 2.39. The summed E-state index contributed by atoms with van der Waals surface area (Å²) in [5.41, 5.74) is 1.90. The number of benzene rings is 1. The van der Waals surface area contributed by atoms with Crippen LogP contribution in [-0.4, -0.2) is 42.1 Å². The van der Waals surface area contributed by atoms with E-state index in [2.05, 4.69) is 27.8 Å². The highest BCUT2D eigenvalue weighted by Gasteiger charge is 2.27. The summed E-state index contributed by atoms with van der Waals surface area (Å²) in [5.74, 6) is 0. The first-order chi connectivity index (χ1) is 9.02. The van der Waals surface area contributed by atoms with Crippen molar-refractivity contribution in [2.24, 2.45) is 0 Å². The molecule has 2 N–H and O–H groups in total. The number of rotatable bonds is 3. The van der Waals surface area contributed by atoms with Gasteiger partial charge in [0.25, 0.3) is 0 Å². The second-order valence-electron chi connectivity index (χ2n) is 5.02. The summed E-state index contributed by atoms with van der Waals surface area (Å²) in [6.07, 6.45) is -0.697. The van der Waals surface area contributed by atoms with Crippen LogP contribution in [0.25, 0.3) is 0 Å². The number of nitrogens with zero attached hydrogens (tertiary/aromatic N) is 1. The minimum atomic E-state index is -0.532. The van der Waals surface area contributed by atoms with Crippen LogP contribution >= 0.6 is 15.9 Å². The van der Waals surface area contributed by atoms with Crippen LogP contribution in [0.3, 0.4) is 0 Å². The number of morpholine rings is 1. The predicted octanol–water partition coefficient (Wildman–Crippen LogP) is 2.09. The normalized spacial score (nSPS) is 25.4. The van der Waals surface area contributed by atoms with E-state index in [1.807, 2.05) is 18.2 Å². The number of hydrogen-bond acceptors (Lipinski definition) is 4. The Morgan fingerprint density at radius 3 is 2.89 bits per heavy atom. The first-order valence-corrected chi connectivity index (χ1v) is 7.28. The van der Waals surface area contributed by atoms with Crippen molar-refractivity contribution in [2.75, 3.05) is 24.7 Å². The van der Waals surface area contributed by atoms with Crippen LogP contribution in [-0.2, 0) is 4.74 Å². The number of aliphatic hydroxyl groups excluding tert-OH is 2. The summed E-state index contributed by atoms with van der Waals surface area (Å²) in [4.78, 5) is 2.19. The minimum absolute atomic E-state index is 0.0176. The number of anilines is 1. The Morgan fingerprint density at radius 2 is 2.26 bits per heavy atom. The van der Waals surface area contributed by atoms with Crippen LogP contribution in [0.15, 0.2) is 22.7 Å². The highest BCUT2D eigenvalue weighted by atomic mass is 79.9. The molecule has 19 heavy (non-hydrogen) atoms. The highest BCUT2D eigenvalue weighted by molar-refractivity contribution is 9.10. The van der Waals surface area contributed by atoms with E-state index in [0.717, 1.165) is 15.7 Å². The number of ether oxygens (including phenoxy) is 1. The summed E-state index contributed by atoms with van der Waals surface area (Å²) in [7, 11) is 0. The Bertz CT molecular complexity index is 439. The molecule has 0 radical (unpaired) electrons. The maximum atomic E-state index is 9.94. The third-order valence-electron chi connectivity index (χ3n) is 3.46. The van der Waals surface area contributed by atoms with Crippen LogP contribution in [0.2, 0.25) is 0 Å². The molecule has 3 atom stereocenters. The highest BCUT2D eigenvalue weighted by Crippen LogP contribution is 2.32. The van der Waals surface area contributed by atoms with Crippen molar-refractivity contribution < 1.29 is 14.9 Å². The first kappa shape index (κ1) is 14.8. The van der Waals surface area contributed by atoms with E-state index in [1.54, 1.807) is 6.92 Å². The molecule has 5 heteroatoms. The van der Waals surface area contributed by atoms with Gasteiger partial charge in [0, 0.05) is 28.3 Å². The quantitative estimate of drug-likeness (QED) is 0.891. The molecular weight excluding hydrogens is 310 g/mol. The van der Waals surface area contributed by atoms with Crippen LogP contribution in [0, 0.1) is 0 Å². The Kier molecular flexibility index (Phi) is 4.84. The third-order valence-corrected chi connectivity index (χ3v) is 3.95. The molecule has 4 nitrogen and oxygen atoms in total. The Labute approximate surface area is 122 Å². The zero-order chi connectivity index (χ0) is 14.0. The Balaban J connectivity index is 2.33. The molecule has 2 rings (SSSR count). The molecule has 1 aromatic rings. The molecule has 1 heterocycles. The lowest BCUT2D eigenvalue weighted by atomic mass is 10.0. The Hall–Kier alpha value is -0.620. The van der Waals surface area contributed by atoms with Crippen LogP contribution < -0.4 is 4.90 Å². The van der Waals surface area contributed by atoms with E-state index in [9.17, 15) is 10.2 Å². The molecule has 1 aliphatic rings. The van der Waals surface area contributed by atoms with Crippen molar-refractivity contribution in [2.45, 2.75) is 32.1 Å². The van der Waals surface area contributed by atoms with Gasteiger partial charge in [-0.05, 0) is 32.0 Å². The number of hydrogen-bond donors (Lipinski definition) is 2. The molecule has 106 valence electrons. The van der Waals surface area contributed by atoms with Gasteiger partial charge >= 0.3 is 0 Å². The van der Waals surface area contributed by atoms with Crippen molar-refractivity contribution in [1.82, 2.24) is 0 Å². The van der Waals surface area contributed by atoms with Crippen molar-refractivity contribution in [1.29, 1.82) is 0 Å². The topological polar surface area (TPSA) is 52.9 Å². The molecule has 1 aromatic carbocycles. The molecule has 0 bridgehead atoms.